The van der Waals surface area contributed by atoms with E-state index in [0.29, 0.717) is 30.8 Å². The lowest BCUT2D eigenvalue weighted by Crippen LogP contribution is -2.22. The predicted octanol–water partition coefficient (Wildman–Crippen LogP) is 0.197. The van der Waals surface area contributed by atoms with Gasteiger partial charge in [0.2, 0.25) is 15.9 Å². The minimum atomic E-state index is -3.49. The molecule has 0 saturated carbocycles. The minimum absolute atomic E-state index is 0.141. The van der Waals surface area contributed by atoms with Gasteiger partial charge in [-0.2, -0.15) is 0 Å². The fraction of sp³-hybridized carbons (Fsp3) is 0.417. The summed E-state index contributed by atoms with van der Waals surface area (Å²) in [6.45, 7) is 0.535. The van der Waals surface area contributed by atoms with Crippen LogP contribution in [0.4, 0.5) is 11.4 Å². The fourth-order valence-corrected chi connectivity index (χ4v) is 2.50. The summed E-state index contributed by atoms with van der Waals surface area (Å²) in [6.07, 6.45) is 0.881. The van der Waals surface area contributed by atoms with Gasteiger partial charge in [0.25, 0.3) is 0 Å². The molecular weight excluding hydrogens is 280 g/mol. The third-order valence-corrected chi connectivity index (χ3v) is 4.53. The Morgan fingerprint density at radius 1 is 1.35 bits per heavy atom. The molecule has 1 aromatic carbocycles. The monoisotopic (exact) mass is 300 g/mol. The van der Waals surface area contributed by atoms with Crippen molar-refractivity contribution in [3.8, 4) is 0 Å². The van der Waals surface area contributed by atoms with E-state index in [4.69, 9.17) is 11.5 Å². The van der Waals surface area contributed by atoms with Crippen LogP contribution in [-0.2, 0) is 14.8 Å². The Morgan fingerprint density at radius 2 is 2.00 bits per heavy atom. The van der Waals surface area contributed by atoms with Crippen LogP contribution in [0.25, 0.3) is 0 Å². The lowest BCUT2D eigenvalue weighted by atomic mass is 10.2. The van der Waals surface area contributed by atoms with Crippen molar-refractivity contribution in [3.63, 3.8) is 0 Å². The number of amides is 1. The first kappa shape index (κ1) is 16.3. The van der Waals surface area contributed by atoms with Crippen LogP contribution in [0.3, 0.4) is 0 Å². The molecule has 0 saturated heterocycles. The summed E-state index contributed by atoms with van der Waals surface area (Å²) in [5.74, 6) is -0.354. The molecule has 0 aliphatic rings. The van der Waals surface area contributed by atoms with E-state index in [1.807, 2.05) is 0 Å². The molecule has 8 heteroatoms. The average Bonchev–Trinajstić information content (AvgIpc) is 2.35. The van der Waals surface area contributed by atoms with E-state index < -0.39 is 10.0 Å². The van der Waals surface area contributed by atoms with Crippen molar-refractivity contribution in [3.05, 3.63) is 18.2 Å². The van der Waals surface area contributed by atoms with Crippen molar-refractivity contribution in [1.82, 2.24) is 4.31 Å². The van der Waals surface area contributed by atoms with E-state index in [1.54, 1.807) is 6.07 Å². The Labute approximate surface area is 119 Å². The molecule has 0 unspecified atom stereocenters. The molecule has 0 spiro atoms. The van der Waals surface area contributed by atoms with Gasteiger partial charge in [0.15, 0.2) is 0 Å². The summed E-state index contributed by atoms with van der Waals surface area (Å²) >= 11 is 0. The number of nitrogens with zero attached hydrogens (tertiary/aromatic N) is 1. The molecule has 112 valence electrons. The number of sulfonamides is 1. The second-order valence-corrected chi connectivity index (χ2v) is 6.68. The number of hydrogen-bond donors (Lipinski definition) is 3. The fourth-order valence-electron chi connectivity index (χ4n) is 1.56. The van der Waals surface area contributed by atoms with Crippen LogP contribution in [0.5, 0.6) is 0 Å². The van der Waals surface area contributed by atoms with Gasteiger partial charge >= 0.3 is 0 Å². The highest BCUT2D eigenvalue weighted by atomic mass is 32.2. The summed E-state index contributed by atoms with van der Waals surface area (Å²) in [4.78, 5) is 10.7. The Hall–Kier alpha value is -1.80. The quantitative estimate of drug-likeness (QED) is 0.491. The zero-order valence-electron chi connectivity index (χ0n) is 11.6. The first-order valence-electron chi connectivity index (χ1n) is 6.09. The molecule has 7 nitrogen and oxygen atoms in total. The Balaban J connectivity index is 2.77. The summed E-state index contributed by atoms with van der Waals surface area (Å²) in [6, 6.07) is 4.50. The van der Waals surface area contributed by atoms with E-state index >= 15 is 0 Å². The van der Waals surface area contributed by atoms with Crippen LogP contribution < -0.4 is 16.8 Å². The number of carbonyl (C=O) groups is 1. The van der Waals surface area contributed by atoms with Crippen LogP contribution in [0.1, 0.15) is 12.8 Å². The van der Waals surface area contributed by atoms with Gasteiger partial charge in [-0.05, 0) is 24.6 Å². The molecule has 5 N–H and O–H groups in total. The number of carbonyl (C=O) groups excluding carboxylic acids is 1. The third-order valence-electron chi connectivity index (χ3n) is 2.72. The molecule has 0 aliphatic carbocycles. The van der Waals surface area contributed by atoms with Gasteiger partial charge in [-0.15, -0.1) is 0 Å². The standard InChI is InChI=1S/C12H20N4O3S/c1-16(2)20(18,19)9-5-6-11(10(13)8-9)15-7-3-4-12(14)17/h5-6,8,15H,3-4,7,13H2,1-2H3,(H2,14,17). The molecule has 1 aromatic rings. The Morgan fingerprint density at radius 3 is 2.50 bits per heavy atom. The Bertz CT molecular complexity index is 584. The predicted molar refractivity (Wildman–Crippen MR) is 78.6 cm³/mol. The molecule has 0 heterocycles. The molecule has 0 radical (unpaired) electrons. The van der Waals surface area contributed by atoms with Crippen LogP contribution in [0, 0.1) is 0 Å². The molecule has 0 bridgehead atoms. The van der Waals surface area contributed by atoms with Crippen molar-refractivity contribution >= 4 is 27.3 Å². The summed E-state index contributed by atoms with van der Waals surface area (Å²) < 4.78 is 25.0. The van der Waals surface area contributed by atoms with Gasteiger partial charge in [-0.3, -0.25) is 4.79 Å². The van der Waals surface area contributed by atoms with E-state index in [-0.39, 0.29) is 10.8 Å². The maximum Gasteiger partial charge on any atom is 0.242 e. The van der Waals surface area contributed by atoms with E-state index in [1.165, 1.54) is 26.2 Å². The second-order valence-electron chi connectivity index (χ2n) is 4.53. The van der Waals surface area contributed by atoms with Crippen molar-refractivity contribution in [2.75, 3.05) is 31.7 Å². The molecule has 0 aromatic heterocycles. The zero-order chi connectivity index (χ0) is 15.3. The lowest BCUT2D eigenvalue weighted by Gasteiger charge is -2.14. The third kappa shape index (κ3) is 4.10. The van der Waals surface area contributed by atoms with E-state index in [9.17, 15) is 13.2 Å². The molecular formula is C12H20N4O3S. The number of rotatable bonds is 7. The topological polar surface area (TPSA) is 119 Å². The van der Waals surface area contributed by atoms with Crippen LogP contribution >= 0.6 is 0 Å². The van der Waals surface area contributed by atoms with Crippen LogP contribution in [-0.4, -0.2) is 39.3 Å². The molecule has 0 fully saturated rings. The van der Waals surface area contributed by atoms with E-state index in [2.05, 4.69) is 5.32 Å². The number of nitrogens with one attached hydrogen (secondary N) is 1. The highest BCUT2D eigenvalue weighted by Crippen LogP contribution is 2.23. The number of nitrogen functional groups attached to an aromatic ring is 1. The minimum Gasteiger partial charge on any atom is -0.397 e. The summed E-state index contributed by atoms with van der Waals surface area (Å²) in [5.41, 5.74) is 11.8. The SMILES string of the molecule is CN(C)S(=O)(=O)c1ccc(NCCCC(N)=O)c(N)c1. The van der Waals surface area contributed by atoms with Gasteiger partial charge in [0.1, 0.15) is 0 Å². The molecule has 0 aliphatic heterocycles. The number of nitrogens with two attached hydrogens (primary N) is 2. The van der Waals surface area contributed by atoms with Gasteiger partial charge in [-0.1, -0.05) is 0 Å². The number of anilines is 2. The second kappa shape index (κ2) is 6.58. The first-order valence-corrected chi connectivity index (χ1v) is 7.53. The molecule has 0 atom stereocenters. The van der Waals surface area contributed by atoms with E-state index in [0.717, 1.165) is 4.31 Å². The smallest absolute Gasteiger partial charge is 0.242 e. The number of hydrogen-bond acceptors (Lipinski definition) is 5. The average molecular weight is 300 g/mol. The largest absolute Gasteiger partial charge is 0.397 e. The lowest BCUT2D eigenvalue weighted by molar-refractivity contribution is -0.118. The zero-order valence-corrected chi connectivity index (χ0v) is 12.4. The van der Waals surface area contributed by atoms with Gasteiger partial charge in [0.05, 0.1) is 16.3 Å². The molecule has 20 heavy (non-hydrogen) atoms. The summed E-state index contributed by atoms with van der Waals surface area (Å²) in [5, 5.41) is 3.03. The van der Waals surface area contributed by atoms with Crippen LogP contribution in [0.15, 0.2) is 23.1 Å². The highest BCUT2D eigenvalue weighted by molar-refractivity contribution is 7.89. The van der Waals surface area contributed by atoms with Crippen molar-refractivity contribution in [2.24, 2.45) is 5.73 Å². The van der Waals surface area contributed by atoms with Crippen molar-refractivity contribution in [2.45, 2.75) is 17.7 Å². The molecule has 1 amide bonds. The number of primary amides is 1. The summed E-state index contributed by atoms with van der Waals surface area (Å²) in [7, 11) is -0.569. The van der Waals surface area contributed by atoms with Gasteiger partial charge in [-0.25, -0.2) is 12.7 Å². The van der Waals surface area contributed by atoms with Crippen molar-refractivity contribution in [1.29, 1.82) is 0 Å². The highest BCUT2D eigenvalue weighted by Gasteiger charge is 2.17. The van der Waals surface area contributed by atoms with Crippen LogP contribution in [0.2, 0.25) is 0 Å². The van der Waals surface area contributed by atoms with Crippen molar-refractivity contribution < 1.29 is 13.2 Å². The van der Waals surface area contributed by atoms with Gasteiger partial charge in [0, 0.05) is 27.1 Å². The number of benzene rings is 1. The maximum absolute atomic E-state index is 11.9. The molecule has 1 rings (SSSR count). The van der Waals surface area contributed by atoms with Gasteiger partial charge < -0.3 is 16.8 Å². The maximum atomic E-state index is 11.9. The normalized spacial score (nSPS) is 11.6. The Kier molecular flexibility index (Phi) is 5.34. The first-order chi connectivity index (χ1) is 9.25.